The molecule has 0 unspecified atom stereocenters. The van der Waals surface area contributed by atoms with Gasteiger partial charge in [0.25, 0.3) is 11.5 Å². The summed E-state index contributed by atoms with van der Waals surface area (Å²) in [5, 5.41) is 14.9. The van der Waals surface area contributed by atoms with E-state index in [1.165, 1.54) is 43.2 Å². The lowest BCUT2D eigenvalue weighted by Gasteiger charge is -2.28. The average Bonchev–Trinajstić information content (AvgIpc) is 3.17. The lowest BCUT2D eigenvalue weighted by atomic mass is 10.1. The summed E-state index contributed by atoms with van der Waals surface area (Å²) in [7, 11) is 0. The molecule has 152 valence electrons. The van der Waals surface area contributed by atoms with Crippen LogP contribution in [0.4, 0.5) is 5.82 Å². The van der Waals surface area contributed by atoms with Gasteiger partial charge in [-0.25, -0.2) is 19.7 Å². The van der Waals surface area contributed by atoms with E-state index >= 15 is 0 Å². The van der Waals surface area contributed by atoms with Crippen molar-refractivity contribution in [3.05, 3.63) is 34.4 Å². The SMILES string of the molecule is CSc1nc(N2CCCCC2)c2cnn(CCNC(=O)c3ccc(=O)[nH]n3)c2n1. The fourth-order valence-corrected chi connectivity index (χ4v) is 3.72. The predicted octanol–water partition coefficient (Wildman–Crippen LogP) is 1.05. The van der Waals surface area contributed by atoms with E-state index in [0.29, 0.717) is 18.2 Å². The van der Waals surface area contributed by atoms with Gasteiger partial charge in [0, 0.05) is 25.7 Å². The zero-order valence-electron chi connectivity index (χ0n) is 16.1. The number of hydrogen-bond acceptors (Lipinski definition) is 8. The number of carbonyl (C=O) groups is 1. The Morgan fingerprint density at radius 1 is 1.24 bits per heavy atom. The van der Waals surface area contributed by atoms with E-state index in [1.807, 2.05) is 6.26 Å². The summed E-state index contributed by atoms with van der Waals surface area (Å²) < 4.78 is 1.78. The molecule has 3 aromatic heterocycles. The summed E-state index contributed by atoms with van der Waals surface area (Å²) in [4.78, 5) is 34.9. The second-order valence-corrected chi connectivity index (χ2v) is 7.52. The molecule has 1 amide bonds. The Kier molecular flexibility index (Phi) is 5.74. The van der Waals surface area contributed by atoms with Crippen molar-refractivity contribution in [3.8, 4) is 0 Å². The van der Waals surface area contributed by atoms with Gasteiger partial charge in [-0.1, -0.05) is 11.8 Å². The molecule has 4 heterocycles. The molecule has 0 aromatic carbocycles. The Labute approximate surface area is 171 Å². The maximum Gasteiger partial charge on any atom is 0.271 e. The third kappa shape index (κ3) is 4.24. The highest BCUT2D eigenvalue weighted by molar-refractivity contribution is 7.98. The number of nitrogens with one attached hydrogen (secondary N) is 2. The van der Waals surface area contributed by atoms with Gasteiger partial charge in [0.2, 0.25) is 0 Å². The topological polar surface area (TPSA) is 122 Å². The summed E-state index contributed by atoms with van der Waals surface area (Å²) in [5.74, 6) is 0.581. The number of H-pyrrole nitrogens is 1. The van der Waals surface area contributed by atoms with Crippen molar-refractivity contribution in [2.75, 3.05) is 30.8 Å². The third-order valence-corrected chi connectivity index (χ3v) is 5.36. The van der Waals surface area contributed by atoms with Gasteiger partial charge in [0.15, 0.2) is 10.8 Å². The number of aromatic amines is 1. The van der Waals surface area contributed by atoms with E-state index in [2.05, 4.69) is 30.5 Å². The molecular formula is C18H22N8O2S. The second-order valence-electron chi connectivity index (χ2n) is 6.75. The number of hydrogen-bond donors (Lipinski definition) is 2. The minimum atomic E-state index is -0.355. The summed E-state index contributed by atoms with van der Waals surface area (Å²) in [5.41, 5.74) is 0.578. The standard InChI is InChI=1S/C18H22N8O2S/c1-29-18-21-15(25-8-3-2-4-9-25)12-11-20-26(16(12)22-18)10-7-19-17(28)13-5-6-14(27)24-23-13/h5-6,11H,2-4,7-10H2,1H3,(H,19,28)(H,24,27). The van der Waals surface area contributed by atoms with Crippen LogP contribution in [0.2, 0.25) is 0 Å². The smallest absolute Gasteiger partial charge is 0.271 e. The average molecular weight is 414 g/mol. The Hall–Kier alpha value is -2.95. The third-order valence-electron chi connectivity index (χ3n) is 4.81. The maximum atomic E-state index is 12.1. The molecule has 0 aliphatic carbocycles. The number of fused-ring (bicyclic) bond motifs is 1. The molecule has 0 atom stereocenters. The van der Waals surface area contributed by atoms with E-state index in [-0.39, 0.29) is 17.2 Å². The number of thioether (sulfide) groups is 1. The largest absolute Gasteiger partial charge is 0.356 e. The second kappa shape index (κ2) is 8.60. The molecule has 1 saturated heterocycles. The van der Waals surface area contributed by atoms with E-state index in [0.717, 1.165) is 29.9 Å². The quantitative estimate of drug-likeness (QED) is 0.453. The molecule has 0 bridgehead atoms. The Balaban J connectivity index is 1.51. The minimum absolute atomic E-state index is 0.161. The van der Waals surface area contributed by atoms with Crippen LogP contribution >= 0.6 is 11.8 Å². The van der Waals surface area contributed by atoms with Gasteiger partial charge in [0.05, 0.1) is 18.1 Å². The Morgan fingerprint density at radius 3 is 2.79 bits per heavy atom. The normalized spacial score (nSPS) is 14.3. The highest BCUT2D eigenvalue weighted by Crippen LogP contribution is 2.28. The fraction of sp³-hybridized carbons (Fsp3) is 0.444. The van der Waals surface area contributed by atoms with Gasteiger partial charge in [0.1, 0.15) is 11.5 Å². The van der Waals surface area contributed by atoms with Crippen molar-refractivity contribution < 1.29 is 4.79 Å². The van der Waals surface area contributed by atoms with Crippen LogP contribution in [-0.2, 0) is 6.54 Å². The van der Waals surface area contributed by atoms with Crippen LogP contribution < -0.4 is 15.8 Å². The molecule has 4 rings (SSSR count). The first-order valence-corrected chi connectivity index (χ1v) is 10.7. The maximum absolute atomic E-state index is 12.1. The summed E-state index contributed by atoms with van der Waals surface area (Å²) in [6.45, 7) is 2.80. The van der Waals surface area contributed by atoms with Crippen LogP contribution in [0, 0.1) is 0 Å². The highest BCUT2D eigenvalue weighted by Gasteiger charge is 2.19. The zero-order valence-corrected chi connectivity index (χ0v) is 16.9. The first kappa shape index (κ1) is 19.4. The van der Waals surface area contributed by atoms with Gasteiger partial charge in [-0.15, -0.1) is 0 Å². The monoisotopic (exact) mass is 414 g/mol. The zero-order chi connectivity index (χ0) is 20.2. The van der Waals surface area contributed by atoms with Crippen LogP contribution in [-0.4, -0.2) is 61.7 Å². The number of rotatable bonds is 6. The van der Waals surface area contributed by atoms with Crippen LogP contribution in [0.3, 0.4) is 0 Å². The van der Waals surface area contributed by atoms with Crippen molar-refractivity contribution in [1.29, 1.82) is 0 Å². The Bertz CT molecular complexity index is 1050. The van der Waals surface area contributed by atoms with Gasteiger partial charge in [-0.3, -0.25) is 9.59 Å². The summed E-state index contributed by atoms with van der Waals surface area (Å²) in [6.07, 6.45) is 7.34. The molecule has 0 saturated carbocycles. The van der Waals surface area contributed by atoms with Crippen molar-refractivity contribution in [1.82, 2.24) is 35.3 Å². The number of amides is 1. The van der Waals surface area contributed by atoms with Crippen LogP contribution in [0.1, 0.15) is 29.8 Å². The minimum Gasteiger partial charge on any atom is -0.356 e. The molecule has 1 fully saturated rings. The van der Waals surface area contributed by atoms with E-state index in [1.54, 1.807) is 10.9 Å². The lowest BCUT2D eigenvalue weighted by Crippen LogP contribution is -2.30. The van der Waals surface area contributed by atoms with Crippen molar-refractivity contribution in [2.45, 2.75) is 31.0 Å². The van der Waals surface area contributed by atoms with Crippen molar-refractivity contribution in [2.24, 2.45) is 0 Å². The molecule has 3 aromatic rings. The summed E-state index contributed by atoms with van der Waals surface area (Å²) in [6, 6.07) is 2.66. The highest BCUT2D eigenvalue weighted by atomic mass is 32.2. The van der Waals surface area contributed by atoms with Crippen molar-refractivity contribution in [3.63, 3.8) is 0 Å². The van der Waals surface area contributed by atoms with Crippen molar-refractivity contribution >= 4 is 34.5 Å². The summed E-state index contributed by atoms with van der Waals surface area (Å²) >= 11 is 1.50. The molecule has 2 N–H and O–H groups in total. The molecule has 1 aliphatic heterocycles. The molecule has 0 radical (unpaired) electrons. The molecule has 10 nitrogen and oxygen atoms in total. The van der Waals surface area contributed by atoms with E-state index in [9.17, 15) is 9.59 Å². The van der Waals surface area contributed by atoms with Crippen LogP contribution in [0.5, 0.6) is 0 Å². The number of anilines is 1. The number of carbonyl (C=O) groups excluding carboxylic acids is 1. The van der Waals surface area contributed by atoms with Gasteiger partial charge in [-0.2, -0.15) is 10.2 Å². The molecule has 0 spiro atoms. The number of piperidine rings is 1. The fourth-order valence-electron chi connectivity index (χ4n) is 3.36. The number of aromatic nitrogens is 6. The first-order chi connectivity index (χ1) is 14.2. The molecule has 29 heavy (non-hydrogen) atoms. The predicted molar refractivity (Wildman–Crippen MR) is 110 cm³/mol. The number of nitrogens with zero attached hydrogens (tertiary/aromatic N) is 6. The van der Waals surface area contributed by atoms with Gasteiger partial charge < -0.3 is 10.2 Å². The van der Waals surface area contributed by atoms with Gasteiger partial charge in [-0.05, 0) is 31.6 Å². The molecule has 1 aliphatic rings. The molecular weight excluding hydrogens is 392 g/mol. The van der Waals surface area contributed by atoms with Crippen LogP contribution in [0.25, 0.3) is 11.0 Å². The van der Waals surface area contributed by atoms with E-state index < -0.39 is 0 Å². The molecule has 11 heteroatoms. The van der Waals surface area contributed by atoms with E-state index in [4.69, 9.17) is 4.98 Å². The Morgan fingerprint density at radius 2 is 2.07 bits per heavy atom. The van der Waals surface area contributed by atoms with Crippen LogP contribution in [0.15, 0.2) is 28.3 Å². The van der Waals surface area contributed by atoms with Gasteiger partial charge >= 0.3 is 0 Å². The lowest BCUT2D eigenvalue weighted by molar-refractivity contribution is 0.0946. The first-order valence-electron chi connectivity index (χ1n) is 9.52.